The van der Waals surface area contributed by atoms with Gasteiger partial charge in [0.1, 0.15) is 6.04 Å². The molecular weight excluding hydrogens is 196 g/mol. The minimum atomic E-state index is -0.306. The molecule has 0 saturated carbocycles. The van der Waals surface area contributed by atoms with Gasteiger partial charge in [-0.25, -0.2) is 0 Å². The van der Waals surface area contributed by atoms with Crippen LogP contribution in [0, 0.1) is 5.92 Å². The number of methoxy groups -OCH3 is 1. The van der Waals surface area contributed by atoms with E-state index < -0.39 is 0 Å². The highest BCUT2D eigenvalue weighted by atomic mass is 16.5. The Labute approximate surface area is 90.1 Å². The van der Waals surface area contributed by atoms with Crippen LogP contribution >= 0.6 is 0 Å². The Morgan fingerprint density at radius 3 is 2.53 bits per heavy atom. The van der Waals surface area contributed by atoms with Gasteiger partial charge in [-0.15, -0.1) is 0 Å². The van der Waals surface area contributed by atoms with Crippen molar-refractivity contribution in [1.29, 1.82) is 0 Å². The van der Waals surface area contributed by atoms with E-state index in [-0.39, 0.29) is 23.9 Å². The van der Waals surface area contributed by atoms with Crippen molar-refractivity contribution in [2.24, 2.45) is 22.4 Å². The average molecular weight is 216 g/mol. The van der Waals surface area contributed by atoms with Gasteiger partial charge in [0.25, 0.3) is 0 Å². The van der Waals surface area contributed by atoms with Gasteiger partial charge in [-0.3, -0.25) is 9.79 Å². The number of carbonyl (C=O) groups excluding carboxylic acids is 1. The lowest BCUT2D eigenvalue weighted by Crippen LogP contribution is -2.37. The molecule has 6 heteroatoms. The van der Waals surface area contributed by atoms with Gasteiger partial charge in [0, 0.05) is 6.54 Å². The van der Waals surface area contributed by atoms with E-state index in [1.54, 1.807) is 7.05 Å². The van der Waals surface area contributed by atoms with Crippen LogP contribution in [0.1, 0.15) is 13.3 Å². The number of carbonyl (C=O) groups is 1. The number of aliphatic imine (C=N–C) groups is 1. The Balaban J connectivity index is 4.07. The molecule has 0 aromatic rings. The number of esters is 1. The van der Waals surface area contributed by atoms with Gasteiger partial charge in [-0.2, -0.15) is 0 Å². The molecule has 0 radical (unpaired) electrons. The second kappa shape index (κ2) is 7.05. The van der Waals surface area contributed by atoms with Gasteiger partial charge in [0.15, 0.2) is 5.96 Å². The topological polar surface area (TPSA) is 103 Å². The van der Waals surface area contributed by atoms with Crippen molar-refractivity contribution >= 4 is 11.9 Å². The summed E-state index contributed by atoms with van der Waals surface area (Å²) in [7, 11) is 3.09. The first-order valence-corrected chi connectivity index (χ1v) is 4.81. The molecule has 5 N–H and O–H groups in total. The molecule has 0 aliphatic carbocycles. The van der Waals surface area contributed by atoms with Crippen LogP contribution in [0.3, 0.4) is 0 Å². The molecule has 1 unspecified atom stereocenters. The monoisotopic (exact) mass is 216 g/mol. The summed E-state index contributed by atoms with van der Waals surface area (Å²) in [4.78, 5) is 15.1. The van der Waals surface area contributed by atoms with Crippen molar-refractivity contribution < 1.29 is 9.53 Å². The van der Waals surface area contributed by atoms with E-state index in [4.69, 9.17) is 11.5 Å². The summed E-state index contributed by atoms with van der Waals surface area (Å²) in [6, 6.07) is -0.306. The second-order valence-corrected chi connectivity index (χ2v) is 3.47. The fraction of sp³-hybridized carbons (Fsp3) is 0.778. The van der Waals surface area contributed by atoms with E-state index in [1.807, 2.05) is 6.92 Å². The van der Waals surface area contributed by atoms with Gasteiger partial charge >= 0.3 is 5.97 Å². The maximum absolute atomic E-state index is 11.2. The van der Waals surface area contributed by atoms with E-state index in [0.717, 1.165) is 0 Å². The molecular formula is C9H20N4O2. The van der Waals surface area contributed by atoms with E-state index in [1.165, 1.54) is 7.11 Å². The normalized spacial score (nSPS) is 14.1. The fourth-order valence-electron chi connectivity index (χ4n) is 1.21. The van der Waals surface area contributed by atoms with Crippen LogP contribution in [0.5, 0.6) is 0 Å². The van der Waals surface area contributed by atoms with Gasteiger partial charge in [0.2, 0.25) is 0 Å². The Kier molecular flexibility index (Phi) is 6.44. The fourth-order valence-corrected chi connectivity index (χ4v) is 1.21. The standard InChI is InChI=1S/C9H20N4O2/c1-6(5-13-9(10)11)4-7(12-2)8(14)15-3/h6-7,12H,4-5H2,1-3H3,(H4,10,11,13)/t6?,7-/m0/s1. The summed E-state index contributed by atoms with van der Waals surface area (Å²) < 4.78 is 4.64. The quantitative estimate of drug-likeness (QED) is 0.302. The van der Waals surface area contributed by atoms with Crippen molar-refractivity contribution in [3.8, 4) is 0 Å². The molecule has 0 spiro atoms. The number of ether oxygens (including phenoxy) is 1. The van der Waals surface area contributed by atoms with Gasteiger partial charge in [-0.1, -0.05) is 6.92 Å². The molecule has 0 rings (SSSR count). The first-order valence-electron chi connectivity index (χ1n) is 4.81. The van der Waals surface area contributed by atoms with Crippen LogP contribution in [0.25, 0.3) is 0 Å². The maximum atomic E-state index is 11.2. The molecule has 0 aromatic heterocycles. The Morgan fingerprint density at radius 1 is 1.53 bits per heavy atom. The van der Waals surface area contributed by atoms with E-state index >= 15 is 0 Å². The third-order valence-electron chi connectivity index (χ3n) is 2.06. The van der Waals surface area contributed by atoms with Crippen molar-refractivity contribution in [2.45, 2.75) is 19.4 Å². The third-order valence-corrected chi connectivity index (χ3v) is 2.06. The number of likely N-dealkylation sites (N-methyl/N-ethyl adjacent to an activating group) is 1. The summed E-state index contributed by atoms with van der Waals surface area (Å²) in [6.45, 7) is 2.48. The van der Waals surface area contributed by atoms with Crippen LogP contribution in [0.4, 0.5) is 0 Å². The number of nitrogens with one attached hydrogen (secondary N) is 1. The minimum Gasteiger partial charge on any atom is -0.468 e. The largest absolute Gasteiger partial charge is 0.468 e. The number of nitrogens with zero attached hydrogens (tertiary/aromatic N) is 1. The number of hydrogen-bond donors (Lipinski definition) is 3. The number of hydrogen-bond acceptors (Lipinski definition) is 4. The molecule has 0 aromatic carbocycles. The van der Waals surface area contributed by atoms with E-state index in [2.05, 4.69) is 15.0 Å². The van der Waals surface area contributed by atoms with Crippen LogP contribution < -0.4 is 16.8 Å². The smallest absolute Gasteiger partial charge is 0.322 e. The predicted octanol–water partition coefficient (Wildman–Crippen LogP) is -0.953. The number of guanidine groups is 1. The highest BCUT2D eigenvalue weighted by Crippen LogP contribution is 2.07. The maximum Gasteiger partial charge on any atom is 0.322 e. The molecule has 0 aliphatic rings. The Morgan fingerprint density at radius 2 is 2.13 bits per heavy atom. The minimum absolute atomic E-state index is 0.0703. The van der Waals surface area contributed by atoms with Gasteiger partial charge in [0.05, 0.1) is 7.11 Å². The summed E-state index contributed by atoms with van der Waals surface area (Å²) in [5, 5.41) is 2.89. The highest BCUT2D eigenvalue weighted by molar-refractivity contribution is 5.76. The van der Waals surface area contributed by atoms with Crippen molar-refractivity contribution in [1.82, 2.24) is 5.32 Å². The van der Waals surface area contributed by atoms with Crippen LogP contribution in [-0.4, -0.2) is 38.7 Å². The summed E-state index contributed by atoms with van der Waals surface area (Å²) in [5.41, 5.74) is 10.4. The van der Waals surface area contributed by atoms with Crippen molar-refractivity contribution in [3.05, 3.63) is 0 Å². The predicted molar refractivity (Wildman–Crippen MR) is 59.3 cm³/mol. The van der Waals surface area contributed by atoms with Crippen molar-refractivity contribution in [2.75, 3.05) is 20.7 Å². The molecule has 15 heavy (non-hydrogen) atoms. The first-order chi connectivity index (χ1) is 7.01. The molecule has 88 valence electrons. The zero-order chi connectivity index (χ0) is 11.8. The molecule has 6 nitrogen and oxygen atoms in total. The average Bonchev–Trinajstić information content (AvgIpc) is 2.21. The molecule has 0 amide bonds. The first kappa shape index (κ1) is 13.7. The molecule has 2 atom stereocenters. The Bertz CT molecular complexity index is 226. The molecule has 0 saturated heterocycles. The highest BCUT2D eigenvalue weighted by Gasteiger charge is 2.19. The zero-order valence-electron chi connectivity index (χ0n) is 9.49. The van der Waals surface area contributed by atoms with E-state index in [9.17, 15) is 4.79 Å². The van der Waals surface area contributed by atoms with Crippen LogP contribution in [0.15, 0.2) is 4.99 Å². The number of rotatable bonds is 6. The zero-order valence-corrected chi connectivity index (χ0v) is 9.49. The summed E-state index contributed by atoms with van der Waals surface area (Å²) in [5.74, 6) is 0.0126. The van der Waals surface area contributed by atoms with Crippen LogP contribution in [0.2, 0.25) is 0 Å². The number of nitrogens with two attached hydrogens (primary N) is 2. The van der Waals surface area contributed by atoms with Gasteiger partial charge < -0.3 is 21.5 Å². The Hall–Kier alpha value is -1.30. The molecule has 0 fully saturated rings. The molecule has 0 heterocycles. The van der Waals surface area contributed by atoms with E-state index in [0.29, 0.717) is 13.0 Å². The molecule has 0 aliphatic heterocycles. The van der Waals surface area contributed by atoms with Crippen LogP contribution in [-0.2, 0) is 9.53 Å². The SMILES string of the molecule is CN[C@@H](CC(C)CN=C(N)N)C(=O)OC. The lowest BCUT2D eigenvalue weighted by Gasteiger charge is -2.17. The third kappa shape index (κ3) is 5.90. The lowest BCUT2D eigenvalue weighted by atomic mass is 10.0. The second-order valence-electron chi connectivity index (χ2n) is 3.47. The molecule has 0 bridgehead atoms. The summed E-state index contributed by atoms with van der Waals surface area (Å²) in [6.07, 6.45) is 0.639. The lowest BCUT2D eigenvalue weighted by molar-refractivity contribution is -0.143. The summed E-state index contributed by atoms with van der Waals surface area (Å²) >= 11 is 0. The van der Waals surface area contributed by atoms with Gasteiger partial charge in [-0.05, 0) is 19.4 Å². The van der Waals surface area contributed by atoms with Crippen molar-refractivity contribution in [3.63, 3.8) is 0 Å².